The standard InChI is InChI=1S/C17H23N/c1-3-15-7-9-17(13-18,10-8-15)12-16-6-4-5-14(2)11-16/h4-6,11,15H,3,7-10,12H2,1-2H3. The molecule has 96 valence electrons. The molecular weight excluding hydrogens is 218 g/mol. The van der Waals surface area contributed by atoms with E-state index in [4.69, 9.17) is 0 Å². The molecule has 0 amide bonds. The van der Waals surface area contributed by atoms with Crippen molar-refractivity contribution in [2.24, 2.45) is 11.3 Å². The third-order valence-corrected chi connectivity index (χ3v) is 4.50. The lowest BCUT2D eigenvalue weighted by Gasteiger charge is -2.34. The van der Waals surface area contributed by atoms with Crippen molar-refractivity contribution in [1.82, 2.24) is 0 Å². The second-order valence-electron chi connectivity index (χ2n) is 5.91. The van der Waals surface area contributed by atoms with E-state index in [1.165, 1.54) is 30.4 Å². The second-order valence-corrected chi connectivity index (χ2v) is 5.91. The highest BCUT2D eigenvalue weighted by Gasteiger charge is 2.35. The molecule has 1 aromatic carbocycles. The van der Waals surface area contributed by atoms with Gasteiger partial charge in [0, 0.05) is 0 Å². The molecule has 0 spiro atoms. The zero-order valence-electron chi connectivity index (χ0n) is 11.6. The van der Waals surface area contributed by atoms with Gasteiger partial charge in [-0.25, -0.2) is 0 Å². The van der Waals surface area contributed by atoms with Gasteiger partial charge in [0.05, 0.1) is 11.5 Å². The minimum Gasteiger partial charge on any atom is -0.198 e. The molecule has 2 rings (SSSR count). The first kappa shape index (κ1) is 13.1. The van der Waals surface area contributed by atoms with Gasteiger partial charge in [-0.05, 0) is 50.5 Å². The maximum absolute atomic E-state index is 9.58. The van der Waals surface area contributed by atoms with Gasteiger partial charge in [-0.2, -0.15) is 5.26 Å². The monoisotopic (exact) mass is 241 g/mol. The van der Waals surface area contributed by atoms with Crippen LogP contribution < -0.4 is 0 Å². The first-order valence-corrected chi connectivity index (χ1v) is 7.14. The number of hydrogen-bond acceptors (Lipinski definition) is 1. The van der Waals surface area contributed by atoms with Crippen LogP contribution in [0.4, 0.5) is 0 Å². The fraction of sp³-hybridized carbons (Fsp3) is 0.588. The van der Waals surface area contributed by atoms with Crippen molar-refractivity contribution in [2.75, 3.05) is 0 Å². The van der Waals surface area contributed by atoms with Crippen LogP contribution >= 0.6 is 0 Å². The smallest absolute Gasteiger partial charge is 0.0693 e. The van der Waals surface area contributed by atoms with E-state index in [2.05, 4.69) is 44.2 Å². The Balaban J connectivity index is 2.08. The largest absolute Gasteiger partial charge is 0.198 e. The molecule has 1 saturated carbocycles. The number of nitrogens with zero attached hydrogens (tertiary/aromatic N) is 1. The third kappa shape index (κ3) is 2.93. The normalized spacial score (nSPS) is 27.7. The minimum atomic E-state index is -0.0978. The molecule has 0 bridgehead atoms. The fourth-order valence-electron chi connectivity index (χ4n) is 3.18. The molecular formula is C17H23N. The highest BCUT2D eigenvalue weighted by molar-refractivity contribution is 5.25. The highest BCUT2D eigenvalue weighted by Crippen LogP contribution is 2.41. The number of rotatable bonds is 3. The average Bonchev–Trinajstić information content (AvgIpc) is 2.39. The van der Waals surface area contributed by atoms with Gasteiger partial charge in [-0.15, -0.1) is 0 Å². The Morgan fingerprint density at radius 3 is 2.61 bits per heavy atom. The summed E-state index contributed by atoms with van der Waals surface area (Å²) in [6.07, 6.45) is 6.82. The number of hydrogen-bond donors (Lipinski definition) is 0. The van der Waals surface area contributed by atoms with E-state index < -0.39 is 0 Å². The molecule has 1 nitrogen and oxygen atoms in total. The highest BCUT2D eigenvalue weighted by atomic mass is 14.4. The van der Waals surface area contributed by atoms with Crippen LogP contribution in [0.15, 0.2) is 24.3 Å². The van der Waals surface area contributed by atoms with E-state index >= 15 is 0 Å². The molecule has 1 aromatic rings. The lowest BCUT2D eigenvalue weighted by atomic mass is 9.68. The van der Waals surface area contributed by atoms with E-state index in [0.29, 0.717) is 0 Å². The van der Waals surface area contributed by atoms with E-state index in [1.54, 1.807) is 0 Å². The third-order valence-electron chi connectivity index (χ3n) is 4.50. The van der Waals surface area contributed by atoms with E-state index in [-0.39, 0.29) is 5.41 Å². The van der Waals surface area contributed by atoms with E-state index in [0.717, 1.165) is 25.2 Å². The van der Waals surface area contributed by atoms with Crippen LogP contribution in [0.25, 0.3) is 0 Å². The van der Waals surface area contributed by atoms with Gasteiger partial charge in [0.25, 0.3) is 0 Å². The Hall–Kier alpha value is -1.29. The molecule has 0 radical (unpaired) electrons. The molecule has 0 saturated heterocycles. The molecule has 18 heavy (non-hydrogen) atoms. The fourth-order valence-corrected chi connectivity index (χ4v) is 3.18. The predicted molar refractivity (Wildman–Crippen MR) is 75.2 cm³/mol. The van der Waals surface area contributed by atoms with Gasteiger partial charge in [0.1, 0.15) is 0 Å². The summed E-state index contributed by atoms with van der Waals surface area (Å²) in [5, 5.41) is 9.58. The van der Waals surface area contributed by atoms with Crippen LogP contribution in [0, 0.1) is 29.6 Å². The van der Waals surface area contributed by atoms with Crippen molar-refractivity contribution in [3.63, 3.8) is 0 Å². The molecule has 0 aromatic heterocycles. The summed E-state index contributed by atoms with van der Waals surface area (Å²) < 4.78 is 0. The van der Waals surface area contributed by atoms with Crippen molar-refractivity contribution in [3.05, 3.63) is 35.4 Å². The Bertz CT molecular complexity index is 433. The Labute approximate surface area is 111 Å². The molecule has 1 heteroatoms. The number of nitriles is 1. The summed E-state index contributed by atoms with van der Waals surface area (Å²) in [5.74, 6) is 0.851. The molecule has 1 fully saturated rings. The van der Waals surface area contributed by atoms with Gasteiger partial charge in [-0.3, -0.25) is 0 Å². The quantitative estimate of drug-likeness (QED) is 0.755. The zero-order chi connectivity index (χ0) is 13.0. The first-order valence-electron chi connectivity index (χ1n) is 7.14. The summed E-state index contributed by atoms with van der Waals surface area (Å²) in [4.78, 5) is 0. The molecule has 0 aliphatic heterocycles. The van der Waals surface area contributed by atoms with Crippen molar-refractivity contribution in [1.29, 1.82) is 5.26 Å². The first-order chi connectivity index (χ1) is 8.67. The van der Waals surface area contributed by atoms with Crippen LogP contribution in [-0.2, 0) is 6.42 Å². The molecule has 1 aliphatic rings. The maximum atomic E-state index is 9.58. The van der Waals surface area contributed by atoms with Crippen LogP contribution in [0.5, 0.6) is 0 Å². The summed E-state index contributed by atoms with van der Waals surface area (Å²) in [7, 11) is 0. The molecule has 0 N–H and O–H groups in total. The average molecular weight is 241 g/mol. The topological polar surface area (TPSA) is 23.8 Å². The van der Waals surface area contributed by atoms with Crippen LogP contribution in [0.3, 0.4) is 0 Å². The van der Waals surface area contributed by atoms with Gasteiger partial charge in [-0.1, -0.05) is 43.2 Å². The summed E-state index contributed by atoms with van der Waals surface area (Å²) in [6.45, 7) is 4.39. The predicted octanol–water partition coefficient (Wildman–Crippen LogP) is 4.65. The molecule has 0 heterocycles. The van der Waals surface area contributed by atoms with Gasteiger partial charge >= 0.3 is 0 Å². The van der Waals surface area contributed by atoms with Crippen molar-refractivity contribution >= 4 is 0 Å². The molecule has 0 unspecified atom stereocenters. The van der Waals surface area contributed by atoms with Crippen molar-refractivity contribution in [3.8, 4) is 6.07 Å². The lowest BCUT2D eigenvalue weighted by molar-refractivity contribution is 0.205. The van der Waals surface area contributed by atoms with Crippen molar-refractivity contribution < 1.29 is 0 Å². The Morgan fingerprint density at radius 2 is 2.06 bits per heavy atom. The summed E-state index contributed by atoms with van der Waals surface area (Å²) >= 11 is 0. The number of benzene rings is 1. The zero-order valence-corrected chi connectivity index (χ0v) is 11.6. The minimum absolute atomic E-state index is 0.0978. The Morgan fingerprint density at radius 1 is 1.33 bits per heavy atom. The van der Waals surface area contributed by atoms with Gasteiger partial charge in [0.15, 0.2) is 0 Å². The number of aryl methyl sites for hydroxylation is 1. The van der Waals surface area contributed by atoms with Crippen LogP contribution in [0.2, 0.25) is 0 Å². The second kappa shape index (κ2) is 5.57. The molecule has 0 atom stereocenters. The van der Waals surface area contributed by atoms with E-state index in [9.17, 15) is 5.26 Å². The van der Waals surface area contributed by atoms with Crippen LogP contribution in [0.1, 0.15) is 50.2 Å². The van der Waals surface area contributed by atoms with Crippen LogP contribution in [-0.4, -0.2) is 0 Å². The SMILES string of the molecule is CCC1CCC(C#N)(Cc2cccc(C)c2)CC1. The molecule has 1 aliphatic carbocycles. The lowest BCUT2D eigenvalue weighted by Crippen LogP contribution is -2.28. The maximum Gasteiger partial charge on any atom is 0.0693 e. The summed E-state index contributed by atoms with van der Waals surface area (Å²) in [6, 6.07) is 11.2. The van der Waals surface area contributed by atoms with E-state index in [1.807, 2.05) is 0 Å². The Kier molecular flexibility index (Phi) is 4.07. The van der Waals surface area contributed by atoms with Gasteiger partial charge < -0.3 is 0 Å². The van der Waals surface area contributed by atoms with Gasteiger partial charge in [0.2, 0.25) is 0 Å². The van der Waals surface area contributed by atoms with Crippen molar-refractivity contribution in [2.45, 2.75) is 52.4 Å². The summed E-state index contributed by atoms with van der Waals surface area (Å²) in [5.41, 5.74) is 2.52.